The fraction of sp³-hybridized carbons (Fsp3) is 0.364. The summed E-state index contributed by atoms with van der Waals surface area (Å²) in [6, 6.07) is 1.54. The maximum Gasteiger partial charge on any atom is 0.321 e. The Bertz CT molecular complexity index is 576. The van der Waals surface area contributed by atoms with Crippen molar-refractivity contribution in [3.05, 3.63) is 29.0 Å². The third-order valence-electron chi connectivity index (χ3n) is 2.36. The van der Waals surface area contributed by atoms with E-state index in [1.807, 2.05) is 4.72 Å². The van der Waals surface area contributed by atoms with Gasteiger partial charge in [-0.3, -0.25) is 4.79 Å². The second kappa shape index (κ2) is 6.31. The van der Waals surface area contributed by atoms with E-state index in [9.17, 15) is 17.6 Å². The van der Waals surface area contributed by atoms with Crippen molar-refractivity contribution in [2.45, 2.75) is 30.7 Å². The molecule has 1 aromatic carbocycles. The molecular formula is C11H13ClFNO4S. The molecule has 0 aromatic heterocycles. The van der Waals surface area contributed by atoms with Crippen LogP contribution < -0.4 is 4.72 Å². The molecule has 19 heavy (non-hydrogen) atoms. The van der Waals surface area contributed by atoms with E-state index in [0.717, 1.165) is 18.2 Å². The Hall–Kier alpha value is -1.18. The van der Waals surface area contributed by atoms with E-state index in [2.05, 4.69) is 0 Å². The first-order valence-corrected chi connectivity index (χ1v) is 7.34. The minimum absolute atomic E-state index is 0.146. The average molecular weight is 310 g/mol. The molecule has 0 aliphatic heterocycles. The zero-order chi connectivity index (χ0) is 14.6. The maximum absolute atomic E-state index is 12.9. The predicted octanol–water partition coefficient (Wildman–Crippen LogP) is 2.01. The largest absolute Gasteiger partial charge is 0.480 e. The van der Waals surface area contributed by atoms with Crippen LogP contribution in [0.2, 0.25) is 5.02 Å². The summed E-state index contributed by atoms with van der Waals surface area (Å²) in [6.07, 6.45) is 0.643. The Morgan fingerprint density at radius 2 is 2.16 bits per heavy atom. The molecule has 1 unspecified atom stereocenters. The van der Waals surface area contributed by atoms with E-state index < -0.39 is 27.9 Å². The predicted molar refractivity (Wildman–Crippen MR) is 68.1 cm³/mol. The van der Waals surface area contributed by atoms with Gasteiger partial charge in [-0.2, -0.15) is 4.72 Å². The minimum atomic E-state index is -4.10. The van der Waals surface area contributed by atoms with E-state index in [1.165, 1.54) is 0 Å². The molecule has 1 atom stereocenters. The molecule has 0 heterocycles. The van der Waals surface area contributed by atoms with Crippen LogP contribution in [0.4, 0.5) is 4.39 Å². The minimum Gasteiger partial charge on any atom is -0.480 e. The summed E-state index contributed by atoms with van der Waals surface area (Å²) in [6.45, 7) is 1.73. The third-order valence-corrected chi connectivity index (χ3v) is 4.31. The lowest BCUT2D eigenvalue weighted by molar-refractivity contribution is -0.139. The van der Waals surface area contributed by atoms with Gasteiger partial charge in [-0.25, -0.2) is 12.8 Å². The van der Waals surface area contributed by atoms with E-state index in [0.29, 0.717) is 6.42 Å². The molecule has 0 aliphatic rings. The van der Waals surface area contributed by atoms with E-state index in [-0.39, 0.29) is 16.3 Å². The molecule has 0 amide bonds. The van der Waals surface area contributed by atoms with E-state index >= 15 is 0 Å². The lowest BCUT2D eigenvalue weighted by Gasteiger charge is -2.14. The monoisotopic (exact) mass is 309 g/mol. The van der Waals surface area contributed by atoms with Crippen LogP contribution in [-0.2, 0) is 14.8 Å². The number of rotatable bonds is 6. The number of nitrogens with one attached hydrogen (secondary N) is 1. The SMILES string of the molecule is CCCC(NS(=O)(=O)c1ccc(F)cc1Cl)C(=O)O. The van der Waals surface area contributed by atoms with Crippen LogP contribution in [0.15, 0.2) is 23.1 Å². The van der Waals surface area contributed by atoms with Gasteiger partial charge in [0, 0.05) is 0 Å². The smallest absolute Gasteiger partial charge is 0.321 e. The van der Waals surface area contributed by atoms with Crippen LogP contribution in [0.3, 0.4) is 0 Å². The van der Waals surface area contributed by atoms with Gasteiger partial charge in [-0.1, -0.05) is 24.9 Å². The number of aliphatic carboxylic acids is 1. The lowest BCUT2D eigenvalue weighted by Crippen LogP contribution is -2.40. The maximum atomic E-state index is 12.9. The topological polar surface area (TPSA) is 83.5 Å². The molecule has 0 radical (unpaired) electrons. The first-order valence-electron chi connectivity index (χ1n) is 5.48. The Labute approximate surface area is 115 Å². The van der Waals surface area contributed by atoms with Gasteiger partial charge < -0.3 is 5.11 Å². The molecular weight excluding hydrogens is 297 g/mol. The van der Waals surface area contributed by atoms with Gasteiger partial charge in [-0.05, 0) is 24.6 Å². The molecule has 8 heteroatoms. The van der Waals surface area contributed by atoms with Gasteiger partial charge in [0.25, 0.3) is 0 Å². The van der Waals surface area contributed by atoms with Crippen LogP contribution in [0, 0.1) is 5.82 Å². The molecule has 2 N–H and O–H groups in total. The molecule has 1 rings (SSSR count). The van der Waals surface area contributed by atoms with Gasteiger partial charge in [0.2, 0.25) is 10.0 Å². The Kier molecular flexibility index (Phi) is 5.28. The Balaban J connectivity index is 3.06. The van der Waals surface area contributed by atoms with Crippen LogP contribution >= 0.6 is 11.6 Å². The van der Waals surface area contributed by atoms with Crippen LogP contribution in [0.5, 0.6) is 0 Å². The van der Waals surface area contributed by atoms with Crippen molar-refractivity contribution in [2.75, 3.05) is 0 Å². The summed E-state index contributed by atoms with van der Waals surface area (Å²) in [4.78, 5) is 10.6. The first kappa shape index (κ1) is 15.9. The van der Waals surface area contributed by atoms with Crippen molar-refractivity contribution in [3.8, 4) is 0 Å². The Morgan fingerprint density at radius 3 is 2.63 bits per heavy atom. The molecule has 0 spiro atoms. The van der Waals surface area contributed by atoms with Crippen molar-refractivity contribution in [1.82, 2.24) is 4.72 Å². The fourth-order valence-corrected chi connectivity index (χ4v) is 3.22. The zero-order valence-corrected chi connectivity index (χ0v) is 11.6. The van der Waals surface area contributed by atoms with Crippen molar-refractivity contribution in [1.29, 1.82) is 0 Å². The third kappa shape index (κ3) is 4.15. The molecule has 0 bridgehead atoms. The number of halogens is 2. The van der Waals surface area contributed by atoms with Gasteiger partial charge in [-0.15, -0.1) is 0 Å². The molecule has 0 saturated carbocycles. The molecule has 0 fully saturated rings. The number of hydrogen-bond acceptors (Lipinski definition) is 3. The van der Waals surface area contributed by atoms with Crippen molar-refractivity contribution in [3.63, 3.8) is 0 Å². The highest BCUT2D eigenvalue weighted by molar-refractivity contribution is 7.89. The Morgan fingerprint density at radius 1 is 1.53 bits per heavy atom. The molecule has 106 valence electrons. The van der Waals surface area contributed by atoms with Gasteiger partial charge >= 0.3 is 5.97 Å². The molecule has 1 aromatic rings. The van der Waals surface area contributed by atoms with Gasteiger partial charge in [0.1, 0.15) is 16.8 Å². The number of carboxylic acids is 1. The summed E-state index contributed by atoms with van der Waals surface area (Å²) in [5.41, 5.74) is 0. The van der Waals surface area contributed by atoms with Crippen molar-refractivity contribution < 1.29 is 22.7 Å². The molecule has 0 aliphatic carbocycles. The second-order valence-electron chi connectivity index (χ2n) is 3.88. The molecule has 5 nitrogen and oxygen atoms in total. The van der Waals surface area contributed by atoms with Gasteiger partial charge in [0.05, 0.1) is 5.02 Å². The van der Waals surface area contributed by atoms with Crippen molar-refractivity contribution >= 4 is 27.6 Å². The first-order chi connectivity index (χ1) is 8.77. The summed E-state index contributed by atoms with van der Waals surface area (Å²) in [5, 5.41) is 8.61. The normalized spacial score (nSPS) is 13.2. The highest BCUT2D eigenvalue weighted by atomic mass is 35.5. The summed E-state index contributed by atoms with van der Waals surface area (Å²) < 4.78 is 38.8. The summed E-state index contributed by atoms with van der Waals surface area (Å²) in [7, 11) is -4.10. The van der Waals surface area contributed by atoms with Crippen LogP contribution in [-0.4, -0.2) is 25.5 Å². The summed E-state index contributed by atoms with van der Waals surface area (Å²) >= 11 is 5.65. The summed E-state index contributed by atoms with van der Waals surface area (Å²) in [5.74, 6) is -1.95. The second-order valence-corrected chi connectivity index (χ2v) is 5.97. The number of carbonyl (C=O) groups is 1. The highest BCUT2D eigenvalue weighted by Gasteiger charge is 2.26. The number of carboxylic acid groups (broad SMARTS) is 1. The van der Waals surface area contributed by atoms with Gasteiger partial charge in [0.15, 0.2) is 0 Å². The number of benzene rings is 1. The zero-order valence-electron chi connectivity index (χ0n) is 10.1. The quantitative estimate of drug-likeness (QED) is 0.842. The van der Waals surface area contributed by atoms with Crippen LogP contribution in [0.25, 0.3) is 0 Å². The average Bonchev–Trinajstić information content (AvgIpc) is 2.27. The standard InChI is InChI=1S/C11H13ClFNO4S/c1-2-3-9(11(15)16)14-19(17,18)10-5-4-7(13)6-8(10)12/h4-6,9,14H,2-3H2,1H3,(H,15,16). The molecule has 0 saturated heterocycles. The van der Waals surface area contributed by atoms with E-state index in [1.54, 1.807) is 6.92 Å². The van der Waals surface area contributed by atoms with Crippen LogP contribution in [0.1, 0.15) is 19.8 Å². The fourth-order valence-electron chi connectivity index (χ4n) is 1.47. The lowest BCUT2D eigenvalue weighted by atomic mass is 10.2. The highest BCUT2D eigenvalue weighted by Crippen LogP contribution is 2.22. The van der Waals surface area contributed by atoms with E-state index in [4.69, 9.17) is 16.7 Å². The number of hydrogen-bond donors (Lipinski definition) is 2. The number of sulfonamides is 1. The van der Waals surface area contributed by atoms with Crippen molar-refractivity contribution in [2.24, 2.45) is 0 Å².